The average Bonchev–Trinajstić information content (AvgIpc) is 3.12. The van der Waals surface area contributed by atoms with Crippen molar-refractivity contribution >= 4 is 17.8 Å². The second kappa shape index (κ2) is 7.79. The molecular weight excluding hydrogens is 374 g/mol. The van der Waals surface area contributed by atoms with Crippen LogP contribution in [0.3, 0.4) is 0 Å². The first-order valence-electron chi connectivity index (χ1n) is 8.72. The first kappa shape index (κ1) is 19.5. The van der Waals surface area contributed by atoms with Crippen molar-refractivity contribution in [2.75, 3.05) is 26.2 Å². The summed E-state index contributed by atoms with van der Waals surface area (Å²) in [6, 6.07) is 4.39. The maximum absolute atomic E-state index is 13.8. The Morgan fingerprint density at radius 2 is 1.57 bits per heavy atom. The van der Waals surface area contributed by atoms with Crippen molar-refractivity contribution < 1.29 is 32.7 Å². The number of carboxylic acids is 1. The van der Waals surface area contributed by atoms with E-state index in [0.29, 0.717) is 6.42 Å². The van der Waals surface area contributed by atoms with Crippen molar-refractivity contribution in [1.29, 1.82) is 0 Å². The summed E-state index contributed by atoms with van der Waals surface area (Å²) in [7, 11) is 0. The minimum absolute atomic E-state index is 0.0605. The highest BCUT2D eigenvalue weighted by atomic mass is 19.1. The summed E-state index contributed by atoms with van der Waals surface area (Å²) in [5.41, 5.74) is -0.679. The number of aryl methyl sites for hydroxylation is 1. The van der Waals surface area contributed by atoms with Crippen LogP contribution in [-0.4, -0.2) is 58.9 Å². The van der Waals surface area contributed by atoms with E-state index in [1.165, 1.54) is 21.9 Å². The molecule has 9 heteroatoms. The number of carboxylic acid groups (broad SMARTS) is 1. The number of hydrogen-bond acceptors (Lipinski definition) is 4. The fourth-order valence-electron chi connectivity index (χ4n) is 3.11. The van der Waals surface area contributed by atoms with Gasteiger partial charge in [-0.15, -0.1) is 0 Å². The molecule has 0 spiro atoms. The molecule has 1 aromatic carbocycles. The quantitative estimate of drug-likeness (QED) is 0.863. The van der Waals surface area contributed by atoms with Gasteiger partial charge in [-0.1, -0.05) is 13.0 Å². The van der Waals surface area contributed by atoms with Gasteiger partial charge < -0.3 is 19.3 Å². The lowest BCUT2D eigenvalue weighted by Gasteiger charge is -2.34. The Labute approximate surface area is 159 Å². The zero-order valence-electron chi connectivity index (χ0n) is 15.1. The number of furan rings is 1. The van der Waals surface area contributed by atoms with Crippen LogP contribution in [0.2, 0.25) is 0 Å². The molecule has 7 nitrogen and oxygen atoms in total. The predicted octanol–water partition coefficient (Wildman–Crippen LogP) is 2.42. The van der Waals surface area contributed by atoms with Crippen LogP contribution in [-0.2, 0) is 6.42 Å². The third kappa shape index (κ3) is 3.60. The summed E-state index contributed by atoms with van der Waals surface area (Å²) in [4.78, 5) is 38.9. The van der Waals surface area contributed by atoms with Gasteiger partial charge in [-0.05, 0) is 12.1 Å². The molecule has 3 rings (SSSR count). The van der Waals surface area contributed by atoms with Crippen LogP contribution >= 0.6 is 0 Å². The van der Waals surface area contributed by atoms with Gasteiger partial charge in [-0.2, -0.15) is 0 Å². The highest BCUT2D eigenvalue weighted by Gasteiger charge is 2.30. The zero-order valence-corrected chi connectivity index (χ0v) is 15.1. The number of amides is 2. The fourth-order valence-corrected chi connectivity index (χ4v) is 3.11. The van der Waals surface area contributed by atoms with E-state index in [-0.39, 0.29) is 43.3 Å². The van der Waals surface area contributed by atoms with E-state index in [1.807, 2.05) is 0 Å². The number of aromatic carboxylic acids is 1. The highest BCUT2D eigenvalue weighted by Crippen LogP contribution is 2.20. The summed E-state index contributed by atoms with van der Waals surface area (Å²) in [6.07, 6.45) is 0.325. The molecule has 1 N–H and O–H groups in total. The Morgan fingerprint density at radius 1 is 1.04 bits per heavy atom. The molecule has 1 aromatic heterocycles. The van der Waals surface area contributed by atoms with Crippen LogP contribution in [0.5, 0.6) is 0 Å². The minimum atomic E-state index is -1.18. The second-order valence-electron chi connectivity index (χ2n) is 6.29. The summed E-state index contributed by atoms with van der Waals surface area (Å²) >= 11 is 0. The average molecular weight is 392 g/mol. The monoisotopic (exact) mass is 392 g/mol. The Bertz CT molecular complexity index is 912. The summed E-state index contributed by atoms with van der Waals surface area (Å²) in [5, 5.41) is 9.16. The van der Waals surface area contributed by atoms with Gasteiger partial charge in [0.15, 0.2) is 5.76 Å². The van der Waals surface area contributed by atoms with E-state index in [0.717, 1.165) is 12.1 Å². The molecule has 0 radical (unpaired) electrons. The van der Waals surface area contributed by atoms with Gasteiger partial charge in [0.2, 0.25) is 0 Å². The Kier molecular flexibility index (Phi) is 5.43. The highest BCUT2D eigenvalue weighted by molar-refractivity contribution is 5.97. The SMILES string of the molecule is CCc1oc(C(=O)N2CCN(C(=O)c3c(F)cccc3F)CC2)cc1C(=O)O. The topological polar surface area (TPSA) is 91.1 Å². The van der Waals surface area contributed by atoms with Gasteiger partial charge in [0.05, 0.1) is 0 Å². The lowest BCUT2D eigenvalue weighted by molar-refractivity contribution is 0.0512. The van der Waals surface area contributed by atoms with Crippen LogP contribution in [0.25, 0.3) is 0 Å². The van der Waals surface area contributed by atoms with Crippen molar-refractivity contribution in [2.45, 2.75) is 13.3 Å². The minimum Gasteiger partial charge on any atom is -0.478 e. The molecule has 28 heavy (non-hydrogen) atoms. The van der Waals surface area contributed by atoms with E-state index in [4.69, 9.17) is 9.52 Å². The number of carbonyl (C=O) groups is 3. The van der Waals surface area contributed by atoms with Gasteiger partial charge in [0.1, 0.15) is 28.5 Å². The molecule has 1 fully saturated rings. The molecule has 148 valence electrons. The molecule has 0 atom stereocenters. The molecule has 0 saturated carbocycles. The number of hydrogen-bond donors (Lipinski definition) is 1. The third-order valence-corrected chi connectivity index (χ3v) is 4.60. The Balaban J connectivity index is 1.69. The smallest absolute Gasteiger partial charge is 0.339 e. The van der Waals surface area contributed by atoms with E-state index in [2.05, 4.69) is 0 Å². The molecule has 0 unspecified atom stereocenters. The largest absolute Gasteiger partial charge is 0.478 e. The van der Waals surface area contributed by atoms with Gasteiger partial charge in [-0.25, -0.2) is 13.6 Å². The van der Waals surface area contributed by atoms with Crippen LogP contribution < -0.4 is 0 Å². The van der Waals surface area contributed by atoms with Gasteiger partial charge in [0.25, 0.3) is 11.8 Å². The molecule has 1 saturated heterocycles. The molecule has 1 aliphatic heterocycles. The van der Waals surface area contributed by atoms with Crippen molar-refractivity contribution in [3.63, 3.8) is 0 Å². The molecule has 2 aromatic rings. The van der Waals surface area contributed by atoms with Crippen molar-refractivity contribution in [2.24, 2.45) is 0 Å². The summed E-state index contributed by atoms with van der Waals surface area (Å²) in [6.45, 7) is 2.15. The summed E-state index contributed by atoms with van der Waals surface area (Å²) < 4.78 is 33.0. The zero-order chi connectivity index (χ0) is 20.4. The number of benzene rings is 1. The lowest BCUT2D eigenvalue weighted by atomic mass is 10.1. The van der Waals surface area contributed by atoms with Crippen molar-refractivity contribution in [1.82, 2.24) is 9.80 Å². The Morgan fingerprint density at radius 3 is 2.04 bits per heavy atom. The maximum atomic E-state index is 13.8. The molecular formula is C19H18F2N2O5. The number of halogens is 2. The van der Waals surface area contributed by atoms with Crippen molar-refractivity contribution in [3.8, 4) is 0 Å². The van der Waals surface area contributed by atoms with E-state index < -0.39 is 35.0 Å². The van der Waals surface area contributed by atoms with Crippen LogP contribution in [0, 0.1) is 11.6 Å². The first-order valence-corrected chi connectivity index (χ1v) is 8.72. The molecule has 2 heterocycles. The normalized spacial score (nSPS) is 14.2. The van der Waals surface area contributed by atoms with E-state index in [9.17, 15) is 23.2 Å². The van der Waals surface area contributed by atoms with E-state index in [1.54, 1.807) is 6.92 Å². The number of piperazine rings is 1. The number of nitrogens with zero attached hydrogens (tertiary/aromatic N) is 2. The van der Waals surface area contributed by atoms with Crippen LogP contribution in [0.15, 0.2) is 28.7 Å². The van der Waals surface area contributed by atoms with Gasteiger partial charge in [-0.3, -0.25) is 9.59 Å². The fraction of sp³-hybridized carbons (Fsp3) is 0.316. The van der Waals surface area contributed by atoms with Crippen molar-refractivity contribution in [3.05, 3.63) is 58.5 Å². The molecule has 0 aliphatic carbocycles. The third-order valence-electron chi connectivity index (χ3n) is 4.60. The Hall–Kier alpha value is -3.23. The van der Waals surface area contributed by atoms with Crippen LogP contribution in [0.4, 0.5) is 8.78 Å². The van der Waals surface area contributed by atoms with Gasteiger partial charge >= 0.3 is 5.97 Å². The predicted molar refractivity (Wildman–Crippen MR) is 93.2 cm³/mol. The molecule has 2 amide bonds. The molecule has 1 aliphatic rings. The van der Waals surface area contributed by atoms with Gasteiger partial charge in [0, 0.05) is 38.7 Å². The first-order chi connectivity index (χ1) is 13.3. The summed E-state index contributed by atoms with van der Waals surface area (Å²) in [5.74, 6) is -4.20. The van der Waals surface area contributed by atoms with Crippen LogP contribution in [0.1, 0.15) is 44.0 Å². The van der Waals surface area contributed by atoms with E-state index >= 15 is 0 Å². The lowest BCUT2D eigenvalue weighted by Crippen LogP contribution is -2.50. The second-order valence-corrected chi connectivity index (χ2v) is 6.29. The number of carbonyl (C=O) groups excluding carboxylic acids is 2. The number of rotatable bonds is 4. The standard InChI is InChI=1S/C19H18F2N2O5/c1-2-14-11(19(26)27)10-15(28-14)17(24)22-6-8-23(9-7-22)18(25)16-12(20)4-3-5-13(16)21/h3-5,10H,2,6-9H2,1H3,(H,26,27). The maximum Gasteiger partial charge on any atom is 0.339 e. The molecule has 0 bridgehead atoms.